The number of nitrogens with zero attached hydrogens (tertiary/aromatic N) is 1. The van der Waals surface area contributed by atoms with Crippen molar-refractivity contribution in [1.29, 1.82) is 0 Å². The number of nitro groups is 1. The Morgan fingerprint density at radius 3 is 2.22 bits per heavy atom. The number of non-ortho nitro benzene ring substituents is 1. The normalized spacial score (nSPS) is 11.2. The zero-order chi connectivity index (χ0) is 22.9. The van der Waals surface area contributed by atoms with E-state index >= 15 is 0 Å². The average Bonchev–Trinajstić information content (AvgIpc) is 2.79. The Hall–Kier alpha value is -4.40. The third-order valence-corrected chi connectivity index (χ3v) is 4.43. The van der Waals surface area contributed by atoms with Gasteiger partial charge in [0.25, 0.3) is 5.69 Å². The van der Waals surface area contributed by atoms with E-state index in [0.717, 1.165) is 5.56 Å². The van der Waals surface area contributed by atoms with Crippen LogP contribution in [0.5, 0.6) is 11.5 Å². The number of esters is 1. The Morgan fingerprint density at radius 2 is 1.59 bits per heavy atom. The van der Waals surface area contributed by atoms with Crippen molar-refractivity contribution in [3.05, 3.63) is 100 Å². The maximum Gasteiger partial charge on any atom is 0.408 e. The van der Waals surface area contributed by atoms with E-state index in [0.29, 0.717) is 5.56 Å². The third-order valence-electron chi connectivity index (χ3n) is 4.43. The number of hydrogen-bond acceptors (Lipinski definition) is 7. The number of aromatic hydroxyl groups is 1. The number of rotatable bonds is 8. The van der Waals surface area contributed by atoms with Gasteiger partial charge in [-0.05, 0) is 35.4 Å². The molecular weight excluding hydrogens is 416 g/mol. The molecule has 9 nitrogen and oxygen atoms in total. The van der Waals surface area contributed by atoms with Crippen LogP contribution in [0.25, 0.3) is 0 Å². The fraction of sp³-hybridized carbons (Fsp3) is 0.130. The number of phenols is 1. The molecule has 3 aromatic rings. The van der Waals surface area contributed by atoms with Gasteiger partial charge in [-0.2, -0.15) is 0 Å². The molecule has 0 fully saturated rings. The molecular formula is C23H20N2O7. The van der Waals surface area contributed by atoms with Gasteiger partial charge < -0.3 is 19.9 Å². The summed E-state index contributed by atoms with van der Waals surface area (Å²) in [6, 6.07) is 19.1. The minimum Gasteiger partial charge on any atom is -0.508 e. The molecule has 0 aliphatic carbocycles. The molecule has 164 valence electrons. The van der Waals surface area contributed by atoms with E-state index in [1.54, 1.807) is 24.3 Å². The van der Waals surface area contributed by atoms with Crippen LogP contribution in [0, 0.1) is 10.1 Å². The lowest BCUT2D eigenvalue weighted by Crippen LogP contribution is -2.44. The number of nitro benzene ring substituents is 1. The van der Waals surface area contributed by atoms with Crippen LogP contribution in [0.2, 0.25) is 0 Å². The molecule has 32 heavy (non-hydrogen) atoms. The van der Waals surface area contributed by atoms with Crippen LogP contribution < -0.4 is 10.1 Å². The van der Waals surface area contributed by atoms with Crippen molar-refractivity contribution < 1.29 is 29.1 Å². The first-order valence-corrected chi connectivity index (χ1v) is 9.62. The Bertz CT molecular complexity index is 1070. The van der Waals surface area contributed by atoms with Crippen LogP contribution in [0.3, 0.4) is 0 Å². The van der Waals surface area contributed by atoms with Crippen molar-refractivity contribution in [2.75, 3.05) is 0 Å². The van der Waals surface area contributed by atoms with Crippen LogP contribution in [-0.2, 0) is 22.6 Å². The summed E-state index contributed by atoms with van der Waals surface area (Å²) < 4.78 is 10.5. The second kappa shape index (κ2) is 10.6. The van der Waals surface area contributed by atoms with Gasteiger partial charge in [-0.3, -0.25) is 10.1 Å². The molecule has 3 aromatic carbocycles. The summed E-state index contributed by atoms with van der Waals surface area (Å²) in [5.74, 6) is -0.617. The lowest BCUT2D eigenvalue weighted by Gasteiger charge is -2.18. The number of hydrogen-bond donors (Lipinski definition) is 2. The van der Waals surface area contributed by atoms with Gasteiger partial charge in [-0.1, -0.05) is 42.5 Å². The number of carbonyl (C=O) groups is 2. The van der Waals surface area contributed by atoms with Crippen LogP contribution >= 0.6 is 0 Å². The first kappa shape index (κ1) is 22.3. The largest absolute Gasteiger partial charge is 0.508 e. The van der Waals surface area contributed by atoms with Gasteiger partial charge in [0.1, 0.15) is 24.1 Å². The van der Waals surface area contributed by atoms with E-state index in [1.807, 2.05) is 18.2 Å². The molecule has 0 aromatic heterocycles. The predicted molar refractivity (Wildman–Crippen MR) is 114 cm³/mol. The van der Waals surface area contributed by atoms with E-state index in [-0.39, 0.29) is 30.2 Å². The molecule has 9 heteroatoms. The summed E-state index contributed by atoms with van der Waals surface area (Å²) in [7, 11) is 0. The minimum atomic E-state index is -1.10. The van der Waals surface area contributed by atoms with Crippen LogP contribution in [0.1, 0.15) is 11.1 Å². The lowest BCUT2D eigenvalue weighted by molar-refractivity contribution is -0.384. The summed E-state index contributed by atoms with van der Waals surface area (Å²) in [6.07, 6.45) is -0.731. The van der Waals surface area contributed by atoms with Crippen molar-refractivity contribution in [1.82, 2.24) is 5.32 Å². The highest BCUT2D eigenvalue weighted by atomic mass is 16.6. The highest BCUT2D eigenvalue weighted by Gasteiger charge is 2.24. The molecule has 0 saturated carbocycles. The molecule has 0 aliphatic heterocycles. The standard InChI is InChI=1S/C23H20N2O7/c26-19-10-6-16(7-11-19)14-21(24-23(28)31-15-17-4-2-1-3-5-17)22(27)32-20-12-8-18(9-13-20)25(29)30/h1-13,21,26H,14-15H2,(H,24,28)/t21-/m1/s1. The Morgan fingerprint density at radius 1 is 0.938 bits per heavy atom. The van der Waals surface area contributed by atoms with E-state index in [1.165, 1.54) is 36.4 Å². The molecule has 2 N–H and O–H groups in total. The fourth-order valence-corrected chi connectivity index (χ4v) is 2.79. The number of benzene rings is 3. The van der Waals surface area contributed by atoms with Crippen LogP contribution in [0.4, 0.5) is 10.5 Å². The smallest absolute Gasteiger partial charge is 0.408 e. The number of amides is 1. The topological polar surface area (TPSA) is 128 Å². The van der Waals surface area contributed by atoms with Gasteiger partial charge in [0.15, 0.2) is 0 Å². The molecule has 0 unspecified atom stereocenters. The summed E-state index contributed by atoms with van der Waals surface area (Å²) in [5.41, 5.74) is 1.30. The summed E-state index contributed by atoms with van der Waals surface area (Å²) >= 11 is 0. The van der Waals surface area contributed by atoms with Gasteiger partial charge in [-0.25, -0.2) is 9.59 Å². The molecule has 1 amide bonds. The van der Waals surface area contributed by atoms with Gasteiger partial charge in [0.2, 0.25) is 0 Å². The van der Waals surface area contributed by atoms with Crippen LogP contribution in [-0.4, -0.2) is 28.1 Å². The van der Waals surface area contributed by atoms with E-state index in [9.17, 15) is 24.8 Å². The number of ether oxygens (including phenoxy) is 2. The highest BCUT2D eigenvalue weighted by Crippen LogP contribution is 2.19. The van der Waals surface area contributed by atoms with Crippen molar-refractivity contribution in [3.8, 4) is 11.5 Å². The number of alkyl carbamates (subject to hydrolysis) is 1. The number of phenolic OH excluding ortho intramolecular Hbond substituents is 1. The highest BCUT2D eigenvalue weighted by molar-refractivity contribution is 5.83. The zero-order valence-corrected chi connectivity index (χ0v) is 16.8. The number of carbonyl (C=O) groups excluding carboxylic acids is 2. The van der Waals surface area contributed by atoms with E-state index in [4.69, 9.17) is 9.47 Å². The zero-order valence-electron chi connectivity index (χ0n) is 16.8. The Labute approximate surface area is 183 Å². The van der Waals surface area contributed by atoms with Gasteiger partial charge in [-0.15, -0.1) is 0 Å². The molecule has 1 atom stereocenters. The third kappa shape index (κ3) is 6.56. The summed E-state index contributed by atoms with van der Waals surface area (Å²) in [6.45, 7) is 0.0238. The van der Waals surface area contributed by atoms with E-state index in [2.05, 4.69) is 5.32 Å². The monoisotopic (exact) mass is 436 g/mol. The van der Waals surface area contributed by atoms with Crippen molar-refractivity contribution in [2.45, 2.75) is 19.1 Å². The van der Waals surface area contributed by atoms with Gasteiger partial charge >= 0.3 is 12.1 Å². The second-order valence-electron chi connectivity index (χ2n) is 6.80. The molecule has 0 bridgehead atoms. The minimum absolute atomic E-state index is 0.0238. The van der Waals surface area contributed by atoms with Crippen molar-refractivity contribution in [2.24, 2.45) is 0 Å². The average molecular weight is 436 g/mol. The first-order valence-electron chi connectivity index (χ1n) is 9.62. The van der Waals surface area contributed by atoms with Crippen molar-refractivity contribution in [3.63, 3.8) is 0 Å². The molecule has 3 rings (SSSR count). The SMILES string of the molecule is O=C(N[C@H](Cc1ccc(O)cc1)C(=O)Oc1ccc([N+](=O)[O-])cc1)OCc1ccccc1. The van der Waals surface area contributed by atoms with Gasteiger partial charge in [0.05, 0.1) is 4.92 Å². The van der Waals surface area contributed by atoms with Crippen molar-refractivity contribution >= 4 is 17.7 Å². The maximum absolute atomic E-state index is 12.7. The molecule has 0 radical (unpaired) electrons. The van der Waals surface area contributed by atoms with Crippen LogP contribution in [0.15, 0.2) is 78.9 Å². The molecule has 0 spiro atoms. The summed E-state index contributed by atoms with van der Waals surface area (Å²) in [4.78, 5) is 35.2. The van der Waals surface area contributed by atoms with E-state index < -0.39 is 23.0 Å². The molecule has 0 heterocycles. The summed E-state index contributed by atoms with van der Waals surface area (Å²) in [5, 5.41) is 22.7. The van der Waals surface area contributed by atoms with Gasteiger partial charge in [0, 0.05) is 18.6 Å². The Kier molecular flexibility index (Phi) is 7.37. The second-order valence-corrected chi connectivity index (χ2v) is 6.80. The first-order chi connectivity index (χ1) is 15.4. The predicted octanol–water partition coefficient (Wildman–Crippen LogP) is 3.74. The quantitative estimate of drug-likeness (QED) is 0.238. The Balaban J connectivity index is 1.68. The molecule has 0 aliphatic rings. The lowest BCUT2D eigenvalue weighted by atomic mass is 10.1. The fourth-order valence-electron chi connectivity index (χ4n) is 2.79. The molecule has 0 saturated heterocycles. The maximum atomic E-state index is 12.7. The number of nitrogens with one attached hydrogen (secondary N) is 1.